The molecule has 3 heterocycles. The lowest BCUT2D eigenvalue weighted by molar-refractivity contribution is -0.155. The maximum Gasteiger partial charge on any atom is 0.303 e. The fourth-order valence-electron chi connectivity index (χ4n) is 3.23. The minimum Gasteiger partial charge on any atom is -0.457 e. The number of aromatic nitrogens is 4. The molecule has 0 N–H and O–H groups in total. The fraction of sp³-hybridized carbons (Fsp3) is 0.600. The van der Waals surface area contributed by atoms with Gasteiger partial charge in [-0.3, -0.25) is 9.36 Å². The fourth-order valence-corrected chi connectivity index (χ4v) is 3.65. The van der Waals surface area contributed by atoms with E-state index in [0.717, 1.165) is 6.42 Å². The second-order valence-corrected chi connectivity index (χ2v) is 7.08. The Labute approximate surface area is 149 Å². The van der Waals surface area contributed by atoms with Crippen molar-refractivity contribution in [2.24, 2.45) is 5.41 Å². The van der Waals surface area contributed by atoms with E-state index in [2.05, 4.69) is 15.0 Å². The quantitative estimate of drug-likeness (QED) is 0.466. The Morgan fingerprint density at radius 2 is 2.12 bits per heavy atom. The standard InChI is InChI=1S/C15H18Cl2N4O3/c1-5-8-15(3,4)10(23-7(2)22)13(24-8)21-6-18-9-11(16)19-14(17)20-12(9)21/h6,8,10,13H,5H2,1-4H3/t8-,10+,13-/m1/s1. The maximum absolute atomic E-state index is 11.6. The zero-order chi connectivity index (χ0) is 17.6. The molecule has 1 aliphatic rings. The van der Waals surface area contributed by atoms with E-state index in [1.54, 1.807) is 10.9 Å². The van der Waals surface area contributed by atoms with Crippen molar-refractivity contribution in [2.45, 2.75) is 52.6 Å². The van der Waals surface area contributed by atoms with Gasteiger partial charge >= 0.3 is 5.97 Å². The summed E-state index contributed by atoms with van der Waals surface area (Å²) in [6, 6.07) is 0. The summed E-state index contributed by atoms with van der Waals surface area (Å²) in [6.45, 7) is 7.45. The number of hydrogen-bond donors (Lipinski definition) is 0. The molecule has 0 unspecified atom stereocenters. The smallest absolute Gasteiger partial charge is 0.303 e. The molecule has 0 bridgehead atoms. The SMILES string of the molecule is CC[C@H]1O[C@@H](n2cnc3c(Cl)nc(Cl)nc32)[C@H](OC(C)=O)C1(C)C. The van der Waals surface area contributed by atoms with Gasteiger partial charge in [-0.2, -0.15) is 4.98 Å². The van der Waals surface area contributed by atoms with Crippen molar-refractivity contribution < 1.29 is 14.3 Å². The van der Waals surface area contributed by atoms with E-state index in [0.29, 0.717) is 11.2 Å². The highest BCUT2D eigenvalue weighted by molar-refractivity contribution is 6.35. The van der Waals surface area contributed by atoms with Crippen molar-refractivity contribution in [1.29, 1.82) is 0 Å². The Bertz CT molecular complexity index is 792. The van der Waals surface area contributed by atoms with Crippen molar-refractivity contribution in [3.05, 3.63) is 16.8 Å². The van der Waals surface area contributed by atoms with Crippen LogP contribution in [0.2, 0.25) is 10.4 Å². The highest BCUT2D eigenvalue weighted by Gasteiger charge is 2.53. The van der Waals surface area contributed by atoms with Crippen LogP contribution in [0.1, 0.15) is 40.3 Å². The normalized spacial score (nSPS) is 26.0. The monoisotopic (exact) mass is 372 g/mol. The summed E-state index contributed by atoms with van der Waals surface area (Å²) >= 11 is 12.0. The first-order valence-corrected chi connectivity index (χ1v) is 8.39. The molecule has 2 aromatic rings. The molecule has 2 aromatic heterocycles. The van der Waals surface area contributed by atoms with Gasteiger partial charge in [0.1, 0.15) is 5.52 Å². The van der Waals surface area contributed by atoms with E-state index in [-0.39, 0.29) is 27.9 Å². The molecule has 3 atom stereocenters. The first kappa shape index (κ1) is 17.4. The van der Waals surface area contributed by atoms with Crippen molar-refractivity contribution in [3.63, 3.8) is 0 Å². The summed E-state index contributed by atoms with van der Waals surface area (Å²) in [7, 11) is 0. The van der Waals surface area contributed by atoms with Crippen LogP contribution >= 0.6 is 23.2 Å². The van der Waals surface area contributed by atoms with E-state index >= 15 is 0 Å². The molecular formula is C15H18Cl2N4O3. The number of imidazole rings is 1. The van der Waals surface area contributed by atoms with Crippen LogP contribution in [0.25, 0.3) is 11.2 Å². The highest BCUT2D eigenvalue weighted by Crippen LogP contribution is 2.47. The molecule has 1 aliphatic heterocycles. The number of nitrogens with zero attached hydrogens (tertiary/aromatic N) is 4. The van der Waals surface area contributed by atoms with Gasteiger partial charge in [-0.1, -0.05) is 32.4 Å². The number of rotatable bonds is 3. The maximum atomic E-state index is 11.6. The third-order valence-corrected chi connectivity index (χ3v) is 4.85. The predicted octanol–water partition coefficient (Wildman–Crippen LogP) is 3.40. The molecule has 1 saturated heterocycles. The number of ether oxygens (including phenoxy) is 2. The first-order valence-electron chi connectivity index (χ1n) is 7.64. The van der Waals surface area contributed by atoms with Gasteiger partial charge in [-0.05, 0) is 18.0 Å². The van der Waals surface area contributed by atoms with Gasteiger partial charge in [0.2, 0.25) is 5.28 Å². The Morgan fingerprint density at radius 1 is 1.42 bits per heavy atom. The minimum absolute atomic E-state index is 0.0163. The summed E-state index contributed by atoms with van der Waals surface area (Å²) in [5, 5.41) is 0.180. The van der Waals surface area contributed by atoms with Gasteiger partial charge < -0.3 is 9.47 Å². The van der Waals surface area contributed by atoms with Crippen LogP contribution in [0, 0.1) is 5.41 Å². The number of esters is 1. The lowest BCUT2D eigenvalue weighted by Gasteiger charge is -2.30. The molecule has 9 heteroatoms. The molecule has 0 amide bonds. The van der Waals surface area contributed by atoms with Gasteiger partial charge in [-0.15, -0.1) is 0 Å². The minimum atomic E-state index is -0.569. The summed E-state index contributed by atoms with van der Waals surface area (Å²) in [4.78, 5) is 23.9. The Balaban J connectivity index is 2.11. The van der Waals surface area contributed by atoms with Gasteiger partial charge in [0.25, 0.3) is 0 Å². The van der Waals surface area contributed by atoms with Gasteiger partial charge in [-0.25, -0.2) is 9.97 Å². The van der Waals surface area contributed by atoms with E-state index in [9.17, 15) is 4.79 Å². The molecule has 3 rings (SSSR count). The molecule has 7 nitrogen and oxygen atoms in total. The van der Waals surface area contributed by atoms with E-state index in [4.69, 9.17) is 32.7 Å². The van der Waals surface area contributed by atoms with Crippen molar-refractivity contribution in [2.75, 3.05) is 0 Å². The second kappa shape index (κ2) is 6.13. The molecule has 0 spiro atoms. The van der Waals surface area contributed by atoms with Crippen LogP contribution < -0.4 is 0 Å². The van der Waals surface area contributed by atoms with Crippen LogP contribution in [0.3, 0.4) is 0 Å². The zero-order valence-electron chi connectivity index (χ0n) is 13.8. The van der Waals surface area contributed by atoms with Crippen molar-refractivity contribution in [3.8, 4) is 0 Å². The molecule has 130 valence electrons. The molecule has 0 radical (unpaired) electrons. The molecule has 0 aromatic carbocycles. The molecular weight excluding hydrogens is 355 g/mol. The largest absolute Gasteiger partial charge is 0.457 e. The topological polar surface area (TPSA) is 79.1 Å². The number of hydrogen-bond acceptors (Lipinski definition) is 6. The second-order valence-electron chi connectivity index (χ2n) is 6.38. The number of fused-ring (bicyclic) bond motifs is 1. The van der Waals surface area contributed by atoms with Crippen LogP contribution in [0.4, 0.5) is 0 Å². The summed E-state index contributed by atoms with van der Waals surface area (Å²) in [5.41, 5.74) is 0.487. The summed E-state index contributed by atoms with van der Waals surface area (Å²) < 4.78 is 13.4. The van der Waals surface area contributed by atoms with E-state index in [1.165, 1.54) is 6.92 Å². The van der Waals surface area contributed by atoms with Crippen molar-refractivity contribution in [1.82, 2.24) is 19.5 Å². The lowest BCUT2D eigenvalue weighted by atomic mass is 9.81. The third kappa shape index (κ3) is 2.74. The van der Waals surface area contributed by atoms with Gasteiger partial charge in [0.05, 0.1) is 12.4 Å². The number of carbonyl (C=O) groups is 1. The Morgan fingerprint density at radius 3 is 2.75 bits per heavy atom. The summed E-state index contributed by atoms with van der Waals surface area (Å²) in [5.74, 6) is -0.367. The van der Waals surface area contributed by atoms with Crippen LogP contribution in [0.5, 0.6) is 0 Å². The molecule has 0 saturated carbocycles. The average molecular weight is 373 g/mol. The van der Waals surface area contributed by atoms with Crippen molar-refractivity contribution >= 4 is 40.3 Å². The average Bonchev–Trinajstić information content (AvgIpc) is 2.99. The predicted molar refractivity (Wildman–Crippen MR) is 88.9 cm³/mol. The molecule has 1 fully saturated rings. The van der Waals surface area contributed by atoms with Crippen LogP contribution in [-0.2, 0) is 14.3 Å². The Kier molecular flexibility index (Phi) is 4.44. The van der Waals surface area contributed by atoms with E-state index < -0.39 is 12.3 Å². The number of carbonyl (C=O) groups excluding carboxylic acids is 1. The van der Waals surface area contributed by atoms with Gasteiger partial charge in [0, 0.05) is 12.3 Å². The number of halogens is 2. The zero-order valence-corrected chi connectivity index (χ0v) is 15.3. The molecule has 24 heavy (non-hydrogen) atoms. The summed E-state index contributed by atoms with van der Waals surface area (Å²) in [6.07, 6.45) is 1.18. The Hall–Kier alpha value is -1.44. The highest BCUT2D eigenvalue weighted by atomic mass is 35.5. The van der Waals surface area contributed by atoms with Crippen LogP contribution in [-0.4, -0.2) is 37.7 Å². The van der Waals surface area contributed by atoms with E-state index in [1.807, 2.05) is 20.8 Å². The third-order valence-electron chi connectivity index (χ3n) is 4.42. The van der Waals surface area contributed by atoms with Crippen LogP contribution in [0.15, 0.2) is 6.33 Å². The molecule has 0 aliphatic carbocycles. The lowest BCUT2D eigenvalue weighted by Crippen LogP contribution is -2.38. The first-order chi connectivity index (χ1) is 11.3. The van der Waals surface area contributed by atoms with Gasteiger partial charge in [0.15, 0.2) is 23.1 Å².